The fourth-order valence-corrected chi connectivity index (χ4v) is 3.88. The number of hydrogen-bond donors (Lipinski definition) is 1. The van der Waals surface area contributed by atoms with Gasteiger partial charge < -0.3 is 5.32 Å². The number of anilines is 1. The van der Waals surface area contributed by atoms with Gasteiger partial charge in [0.25, 0.3) is 5.91 Å². The molecule has 0 unspecified atom stereocenters. The summed E-state index contributed by atoms with van der Waals surface area (Å²) in [7, 11) is 0. The van der Waals surface area contributed by atoms with Gasteiger partial charge in [0.1, 0.15) is 4.88 Å². The Kier molecular flexibility index (Phi) is 4.13. The fraction of sp³-hybridized carbons (Fsp3) is 0.118. The molecule has 1 heterocycles. The van der Waals surface area contributed by atoms with Crippen LogP contribution in [0.5, 0.6) is 0 Å². The van der Waals surface area contributed by atoms with Crippen LogP contribution < -0.4 is 5.32 Å². The zero-order valence-electron chi connectivity index (χ0n) is 12.0. The summed E-state index contributed by atoms with van der Waals surface area (Å²) in [6, 6.07) is 11.2. The summed E-state index contributed by atoms with van der Waals surface area (Å²) in [4.78, 5) is 13.0. The van der Waals surface area contributed by atoms with Crippen LogP contribution in [0.2, 0.25) is 10.0 Å². The van der Waals surface area contributed by atoms with Crippen molar-refractivity contribution < 1.29 is 4.79 Å². The molecule has 1 amide bonds. The predicted octanol–water partition coefficient (Wildman–Crippen LogP) is 6.08. The SMILES string of the molecule is Cc1ccc(NC(=O)c2sc3cc(Cl)ccc3c2Cl)cc1C. The number of carbonyl (C=O) groups excluding carboxylic acids is 1. The van der Waals surface area contributed by atoms with Crippen LogP contribution in [0.4, 0.5) is 5.69 Å². The summed E-state index contributed by atoms with van der Waals surface area (Å²) >= 11 is 13.7. The molecule has 0 bridgehead atoms. The monoisotopic (exact) mass is 349 g/mol. The number of aryl methyl sites for hydroxylation is 2. The van der Waals surface area contributed by atoms with Gasteiger partial charge >= 0.3 is 0 Å². The maximum Gasteiger partial charge on any atom is 0.267 e. The normalized spacial score (nSPS) is 10.9. The molecule has 0 aliphatic heterocycles. The predicted molar refractivity (Wildman–Crippen MR) is 95.7 cm³/mol. The zero-order chi connectivity index (χ0) is 15.9. The fourth-order valence-electron chi connectivity index (χ4n) is 2.19. The number of carbonyl (C=O) groups is 1. The van der Waals surface area contributed by atoms with E-state index in [-0.39, 0.29) is 5.91 Å². The lowest BCUT2D eigenvalue weighted by atomic mass is 10.1. The average Bonchev–Trinajstić information content (AvgIpc) is 2.79. The highest BCUT2D eigenvalue weighted by atomic mass is 35.5. The van der Waals surface area contributed by atoms with E-state index in [9.17, 15) is 4.79 Å². The van der Waals surface area contributed by atoms with Crippen LogP contribution in [0.3, 0.4) is 0 Å². The molecule has 2 aromatic carbocycles. The summed E-state index contributed by atoms with van der Waals surface area (Å²) in [5.41, 5.74) is 3.08. The van der Waals surface area contributed by atoms with Crippen LogP contribution in [-0.4, -0.2) is 5.91 Å². The molecule has 0 atom stereocenters. The molecule has 0 saturated carbocycles. The highest BCUT2D eigenvalue weighted by molar-refractivity contribution is 7.21. The molecule has 0 aliphatic rings. The Labute approximate surface area is 142 Å². The maximum atomic E-state index is 12.5. The Hall–Kier alpha value is -1.55. The topological polar surface area (TPSA) is 29.1 Å². The molecule has 0 radical (unpaired) electrons. The Balaban J connectivity index is 1.94. The van der Waals surface area contributed by atoms with E-state index < -0.39 is 0 Å². The van der Waals surface area contributed by atoms with Gasteiger partial charge in [-0.3, -0.25) is 4.79 Å². The van der Waals surface area contributed by atoms with Gasteiger partial charge in [0.05, 0.1) is 5.02 Å². The van der Waals surface area contributed by atoms with Crippen molar-refractivity contribution in [2.45, 2.75) is 13.8 Å². The van der Waals surface area contributed by atoms with Gasteiger partial charge in [0.15, 0.2) is 0 Å². The third kappa shape index (κ3) is 2.84. The Morgan fingerprint density at radius 1 is 1.05 bits per heavy atom. The Morgan fingerprint density at radius 2 is 1.82 bits per heavy atom. The molecule has 0 spiro atoms. The van der Waals surface area contributed by atoms with Gasteiger partial charge in [0, 0.05) is 20.8 Å². The lowest BCUT2D eigenvalue weighted by Crippen LogP contribution is -2.10. The lowest BCUT2D eigenvalue weighted by molar-refractivity contribution is 0.103. The lowest BCUT2D eigenvalue weighted by Gasteiger charge is -2.06. The van der Waals surface area contributed by atoms with E-state index in [1.165, 1.54) is 16.9 Å². The minimum absolute atomic E-state index is 0.203. The second-order valence-electron chi connectivity index (χ2n) is 5.14. The third-order valence-corrected chi connectivity index (χ3v) is 5.45. The summed E-state index contributed by atoms with van der Waals surface area (Å²) < 4.78 is 0.905. The second kappa shape index (κ2) is 5.92. The van der Waals surface area contributed by atoms with Crippen molar-refractivity contribution in [3.05, 3.63) is 62.4 Å². The largest absolute Gasteiger partial charge is 0.321 e. The minimum Gasteiger partial charge on any atom is -0.321 e. The van der Waals surface area contributed by atoms with Crippen molar-refractivity contribution in [1.82, 2.24) is 0 Å². The first-order chi connectivity index (χ1) is 10.5. The second-order valence-corrected chi connectivity index (χ2v) is 7.01. The third-order valence-electron chi connectivity index (χ3n) is 3.56. The van der Waals surface area contributed by atoms with Crippen LogP contribution in [-0.2, 0) is 0 Å². The van der Waals surface area contributed by atoms with Crippen molar-refractivity contribution in [1.29, 1.82) is 0 Å². The first-order valence-electron chi connectivity index (χ1n) is 6.72. The molecule has 1 N–H and O–H groups in total. The molecular formula is C17H13Cl2NOS. The van der Waals surface area contributed by atoms with Gasteiger partial charge in [-0.05, 0) is 49.2 Å². The van der Waals surface area contributed by atoms with Gasteiger partial charge in [-0.1, -0.05) is 35.3 Å². The van der Waals surface area contributed by atoms with Crippen molar-refractivity contribution in [2.24, 2.45) is 0 Å². The zero-order valence-corrected chi connectivity index (χ0v) is 14.4. The highest BCUT2D eigenvalue weighted by Gasteiger charge is 2.17. The Bertz CT molecular complexity index is 886. The van der Waals surface area contributed by atoms with Gasteiger partial charge in [-0.2, -0.15) is 0 Å². The molecule has 5 heteroatoms. The number of thiophene rings is 1. The van der Waals surface area contributed by atoms with Gasteiger partial charge in [-0.25, -0.2) is 0 Å². The van der Waals surface area contributed by atoms with Crippen molar-refractivity contribution >= 4 is 56.2 Å². The quantitative estimate of drug-likeness (QED) is 0.596. The number of rotatable bonds is 2. The highest BCUT2D eigenvalue weighted by Crippen LogP contribution is 2.37. The molecule has 2 nitrogen and oxygen atoms in total. The van der Waals surface area contributed by atoms with E-state index in [1.807, 2.05) is 44.2 Å². The number of nitrogens with one attached hydrogen (secondary N) is 1. The molecule has 3 rings (SSSR count). The summed E-state index contributed by atoms with van der Waals surface area (Å²) in [5, 5.41) is 4.85. The number of fused-ring (bicyclic) bond motifs is 1. The number of amides is 1. The van der Waals surface area contributed by atoms with Crippen molar-refractivity contribution in [3.8, 4) is 0 Å². The van der Waals surface area contributed by atoms with Crippen LogP contribution >= 0.6 is 34.5 Å². The van der Waals surface area contributed by atoms with E-state index in [4.69, 9.17) is 23.2 Å². The standard InChI is InChI=1S/C17H13Cl2NOS/c1-9-3-5-12(7-10(9)2)20-17(21)16-15(19)13-6-4-11(18)8-14(13)22-16/h3-8H,1-2H3,(H,20,21). The minimum atomic E-state index is -0.203. The number of halogens is 2. The van der Waals surface area contributed by atoms with E-state index in [2.05, 4.69) is 5.32 Å². The Morgan fingerprint density at radius 3 is 2.55 bits per heavy atom. The molecular weight excluding hydrogens is 337 g/mol. The molecule has 1 aromatic heterocycles. The smallest absolute Gasteiger partial charge is 0.267 e. The number of benzene rings is 2. The van der Waals surface area contributed by atoms with Crippen LogP contribution in [0.15, 0.2) is 36.4 Å². The summed E-state index contributed by atoms with van der Waals surface area (Å²) in [6.45, 7) is 4.05. The molecule has 3 aromatic rings. The molecule has 22 heavy (non-hydrogen) atoms. The number of hydrogen-bond acceptors (Lipinski definition) is 2. The molecule has 112 valence electrons. The molecule has 0 fully saturated rings. The van der Waals surface area contributed by atoms with Gasteiger partial charge in [-0.15, -0.1) is 11.3 Å². The summed E-state index contributed by atoms with van der Waals surface area (Å²) in [5.74, 6) is -0.203. The first-order valence-corrected chi connectivity index (χ1v) is 8.29. The summed E-state index contributed by atoms with van der Waals surface area (Å²) in [6.07, 6.45) is 0. The van der Waals surface area contributed by atoms with Crippen molar-refractivity contribution in [2.75, 3.05) is 5.32 Å². The molecule has 0 aliphatic carbocycles. The average molecular weight is 350 g/mol. The van der Waals surface area contributed by atoms with E-state index in [0.29, 0.717) is 14.9 Å². The van der Waals surface area contributed by atoms with E-state index >= 15 is 0 Å². The maximum absolute atomic E-state index is 12.5. The van der Waals surface area contributed by atoms with Crippen molar-refractivity contribution in [3.63, 3.8) is 0 Å². The van der Waals surface area contributed by atoms with Crippen LogP contribution in [0.25, 0.3) is 10.1 Å². The van der Waals surface area contributed by atoms with E-state index in [0.717, 1.165) is 21.3 Å². The van der Waals surface area contributed by atoms with E-state index in [1.54, 1.807) is 6.07 Å². The van der Waals surface area contributed by atoms with Crippen LogP contribution in [0.1, 0.15) is 20.8 Å². The van der Waals surface area contributed by atoms with Gasteiger partial charge in [0.2, 0.25) is 0 Å². The first kappa shape index (κ1) is 15.3. The molecule has 0 saturated heterocycles. The van der Waals surface area contributed by atoms with Crippen LogP contribution in [0, 0.1) is 13.8 Å².